The van der Waals surface area contributed by atoms with Crippen LogP contribution in [0.5, 0.6) is 11.5 Å². The van der Waals surface area contributed by atoms with E-state index < -0.39 is 0 Å². The molecule has 2 nitrogen and oxygen atoms in total. The standard InChI is InChI=1S/C21H17Cl2NO/c1-15(20-13-17(22)10-11-21(20)23)24-14-16-6-5-9-19(12-16)25-18-7-3-2-4-8-18/h2-15H,1H3. The lowest BCUT2D eigenvalue weighted by atomic mass is 10.1. The van der Waals surface area contributed by atoms with Crippen molar-refractivity contribution < 1.29 is 4.74 Å². The van der Waals surface area contributed by atoms with Gasteiger partial charge in [-0.2, -0.15) is 0 Å². The molecule has 0 N–H and O–H groups in total. The number of para-hydroxylation sites is 1. The molecular formula is C21H17Cl2NO. The van der Waals surface area contributed by atoms with Crippen LogP contribution in [-0.2, 0) is 0 Å². The van der Waals surface area contributed by atoms with Crippen LogP contribution in [0.15, 0.2) is 77.8 Å². The Labute approximate surface area is 157 Å². The second-order valence-electron chi connectivity index (χ2n) is 5.61. The summed E-state index contributed by atoms with van der Waals surface area (Å²) >= 11 is 12.3. The fourth-order valence-electron chi connectivity index (χ4n) is 2.40. The van der Waals surface area contributed by atoms with Gasteiger partial charge in [0.1, 0.15) is 11.5 Å². The van der Waals surface area contributed by atoms with Gasteiger partial charge in [-0.05, 0) is 60.5 Å². The van der Waals surface area contributed by atoms with E-state index in [4.69, 9.17) is 27.9 Å². The third kappa shape index (κ3) is 4.85. The number of ether oxygens (including phenoxy) is 1. The highest BCUT2D eigenvalue weighted by atomic mass is 35.5. The molecule has 25 heavy (non-hydrogen) atoms. The lowest BCUT2D eigenvalue weighted by Crippen LogP contribution is -1.93. The molecule has 0 heterocycles. The molecule has 0 radical (unpaired) electrons. The zero-order valence-corrected chi connectivity index (χ0v) is 15.2. The van der Waals surface area contributed by atoms with E-state index in [1.54, 1.807) is 12.1 Å². The third-order valence-corrected chi connectivity index (χ3v) is 4.27. The van der Waals surface area contributed by atoms with E-state index in [0.29, 0.717) is 10.0 Å². The number of rotatable bonds is 5. The number of hydrogen-bond donors (Lipinski definition) is 0. The Kier molecular flexibility index (Phi) is 5.75. The van der Waals surface area contributed by atoms with Gasteiger partial charge < -0.3 is 4.74 Å². The topological polar surface area (TPSA) is 21.6 Å². The van der Waals surface area contributed by atoms with Gasteiger partial charge in [0.2, 0.25) is 0 Å². The minimum absolute atomic E-state index is 0.0927. The van der Waals surface area contributed by atoms with E-state index in [1.165, 1.54) is 0 Å². The molecule has 1 unspecified atom stereocenters. The van der Waals surface area contributed by atoms with Gasteiger partial charge in [0.05, 0.1) is 6.04 Å². The van der Waals surface area contributed by atoms with Gasteiger partial charge in [0.25, 0.3) is 0 Å². The summed E-state index contributed by atoms with van der Waals surface area (Å²) in [6.07, 6.45) is 1.82. The Hall–Kier alpha value is -2.29. The molecule has 4 heteroatoms. The zero-order chi connectivity index (χ0) is 17.6. The summed E-state index contributed by atoms with van der Waals surface area (Å²) in [5, 5.41) is 1.31. The second-order valence-corrected chi connectivity index (χ2v) is 6.45. The summed E-state index contributed by atoms with van der Waals surface area (Å²) < 4.78 is 5.85. The number of hydrogen-bond acceptors (Lipinski definition) is 2. The van der Waals surface area contributed by atoms with Crippen molar-refractivity contribution in [3.63, 3.8) is 0 Å². The largest absolute Gasteiger partial charge is 0.457 e. The summed E-state index contributed by atoms with van der Waals surface area (Å²) in [6.45, 7) is 1.98. The zero-order valence-electron chi connectivity index (χ0n) is 13.7. The Balaban J connectivity index is 1.75. The van der Waals surface area contributed by atoms with E-state index in [0.717, 1.165) is 22.6 Å². The number of aliphatic imine (C=N–C) groups is 1. The maximum Gasteiger partial charge on any atom is 0.128 e. The molecule has 0 bridgehead atoms. The first-order chi connectivity index (χ1) is 12.1. The summed E-state index contributed by atoms with van der Waals surface area (Å²) in [4.78, 5) is 4.59. The Morgan fingerprint density at radius 1 is 0.880 bits per heavy atom. The molecule has 0 aliphatic heterocycles. The van der Waals surface area contributed by atoms with Gasteiger partial charge in [-0.3, -0.25) is 4.99 Å². The van der Waals surface area contributed by atoms with Crippen LogP contribution in [0.3, 0.4) is 0 Å². The van der Waals surface area contributed by atoms with Crippen LogP contribution in [0.1, 0.15) is 24.1 Å². The highest BCUT2D eigenvalue weighted by Gasteiger charge is 2.08. The van der Waals surface area contributed by atoms with Crippen LogP contribution >= 0.6 is 23.2 Å². The maximum atomic E-state index is 6.24. The van der Waals surface area contributed by atoms with Crippen molar-refractivity contribution in [1.82, 2.24) is 0 Å². The van der Waals surface area contributed by atoms with Crippen molar-refractivity contribution in [2.75, 3.05) is 0 Å². The van der Waals surface area contributed by atoms with Gasteiger partial charge in [-0.1, -0.05) is 53.5 Å². The first-order valence-corrected chi connectivity index (χ1v) is 8.68. The summed E-state index contributed by atoms with van der Waals surface area (Å²) in [6, 6.07) is 22.8. The minimum atomic E-state index is -0.0927. The Bertz CT molecular complexity index is 878. The highest BCUT2D eigenvalue weighted by molar-refractivity contribution is 6.33. The average Bonchev–Trinajstić information content (AvgIpc) is 2.63. The first-order valence-electron chi connectivity index (χ1n) is 7.93. The first kappa shape index (κ1) is 17.5. The number of nitrogens with zero attached hydrogens (tertiary/aromatic N) is 1. The predicted octanol–water partition coefficient (Wildman–Crippen LogP) is 6.97. The number of halogens is 2. The molecule has 0 saturated heterocycles. The molecule has 1 atom stereocenters. The molecule has 3 aromatic rings. The van der Waals surface area contributed by atoms with Crippen molar-refractivity contribution >= 4 is 29.4 Å². The molecule has 3 rings (SSSR count). The lowest BCUT2D eigenvalue weighted by molar-refractivity contribution is 0.482. The van der Waals surface area contributed by atoms with Crippen LogP contribution < -0.4 is 4.74 Å². The molecule has 0 aliphatic rings. The molecular weight excluding hydrogens is 353 g/mol. The summed E-state index contributed by atoms with van der Waals surface area (Å²) in [7, 11) is 0. The van der Waals surface area contributed by atoms with Crippen LogP contribution in [-0.4, -0.2) is 6.21 Å². The molecule has 0 aromatic heterocycles. The lowest BCUT2D eigenvalue weighted by Gasteiger charge is -2.10. The Morgan fingerprint density at radius 2 is 1.64 bits per heavy atom. The third-order valence-electron chi connectivity index (χ3n) is 3.69. The molecule has 0 spiro atoms. The fraction of sp³-hybridized carbons (Fsp3) is 0.0952. The summed E-state index contributed by atoms with van der Waals surface area (Å²) in [5.74, 6) is 1.57. The van der Waals surface area contributed by atoms with Crippen LogP contribution in [0.25, 0.3) is 0 Å². The quantitative estimate of drug-likeness (QED) is 0.445. The molecule has 0 aliphatic carbocycles. The number of benzene rings is 3. The van der Waals surface area contributed by atoms with Crippen molar-refractivity contribution in [3.05, 3.63) is 94.0 Å². The molecule has 0 saturated carbocycles. The van der Waals surface area contributed by atoms with Gasteiger partial charge in [0.15, 0.2) is 0 Å². The molecule has 0 amide bonds. The predicted molar refractivity (Wildman–Crippen MR) is 105 cm³/mol. The normalized spacial score (nSPS) is 12.3. The van der Waals surface area contributed by atoms with E-state index in [9.17, 15) is 0 Å². The Morgan fingerprint density at radius 3 is 2.44 bits per heavy atom. The summed E-state index contributed by atoms with van der Waals surface area (Å²) in [5.41, 5.74) is 1.86. The minimum Gasteiger partial charge on any atom is -0.457 e. The van der Waals surface area contributed by atoms with Crippen LogP contribution in [0.4, 0.5) is 0 Å². The molecule has 3 aromatic carbocycles. The second kappa shape index (κ2) is 8.19. The fourth-order valence-corrected chi connectivity index (χ4v) is 2.85. The SMILES string of the molecule is CC(N=Cc1cccc(Oc2ccccc2)c1)c1cc(Cl)ccc1Cl. The van der Waals surface area contributed by atoms with E-state index in [-0.39, 0.29) is 6.04 Å². The van der Waals surface area contributed by atoms with E-state index in [2.05, 4.69) is 4.99 Å². The molecule has 0 fully saturated rings. The molecule has 126 valence electrons. The average molecular weight is 370 g/mol. The van der Waals surface area contributed by atoms with Gasteiger partial charge in [0, 0.05) is 16.3 Å². The van der Waals surface area contributed by atoms with Crippen molar-refractivity contribution in [3.8, 4) is 11.5 Å². The van der Waals surface area contributed by atoms with Crippen LogP contribution in [0, 0.1) is 0 Å². The highest BCUT2D eigenvalue weighted by Crippen LogP contribution is 2.28. The van der Waals surface area contributed by atoms with Crippen LogP contribution in [0.2, 0.25) is 10.0 Å². The van der Waals surface area contributed by atoms with Gasteiger partial charge >= 0.3 is 0 Å². The monoisotopic (exact) mass is 369 g/mol. The van der Waals surface area contributed by atoms with Gasteiger partial charge in [-0.15, -0.1) is 0 Å². The maximum absolute atomic E-state index is 6.24. The van der Waals surface area contributed by atoms with Gasteiger partial charge in [-0.25, -0.2) is 0 Å². The van der Waals surface area contributed by atoms with E-state index >= 15 is 0 Å². The van der Waals surface area contributed by atoms with Crippen molar-refractivity contribution in [2.24, 2.45) is 4.99 Å². The van der Waals surface area contributed by atoms with E-state index in [1.807, 2.05) is 73.8 Å². The van der Waals surface area contributed by atoms with Crippen molar-refractivity contribution in [2.45, 2.75) is 13.0 Å². The smallest absolute Gasteiger partial charge is 0.128 e. The van der Waals surface area contributed by atoms with Crippen molar-refractivity contribution in [1.29, 1.82) is 0 Å².